The first-order valence-electron chi connectivity index (χ1n) is 9.89. The SMILES string of the molecule is Cc1ccc(CC(=O)N(Cc2ccccc2F)[C@@H](C)C(=O)NC(C)(C)C)cc1C. The van der Waals surface area contributed by atoms with Gasteiger partial charge in [0.25, 0.3) is 0 Å². The van der Waals surface area contributed by atoms with E-state index in [1.54, 1.807) is 25.1 Å². The highest BCUT2D eigenvalue weighted by atomic mass is 19.1. The molecule has 0 radical (unpaired) electrons. The molecule has 0 bridgehead atoms. The number of benzene rings is 2. The maximum absolute atomic E-state index is 14.2. The minimum Gasteiger partial charge on any atom is -0.350 e. The van der Waals surface area contributed by atoms with Gasteiger partial charge in [0.1, 0.15) is 11.9 Å². The lowest BCUT2D eigenvalue weighted by Gasteiger charge is -2.31. The van der Waals surface area contributed by atoms with Crippen molar-refractivity contribution in [3.63, 3.8) is 0 Å². The molecule has 1 atom stereocenters. The van der Waals surface area contributed by atoms with Crippen molar-refractivity contribution in [3.05, 3.63) is 70.5 Å². The normalized spacial score (nSPS) is 12.4. The molecule has 2 aromatic rings. The number of rotatable bonds is 6. The Morgan fingerprint density at radius 1 is 1.07 bits per heavy atom. The van der Waals surface area contributed by atoms with Crippen molar-refractivity contribution in [2.75, 3.05) is 0 Å². The van der Waals surface area contributed by atoms with Gasteiger partial charge in [0, 0.05) is 17.6 Å². The van der Waals surface area contributed by atoms with Crippen LogP contribution in [-0.4, -0.2) is 28.3 Å². The van der Waals surface area contributed by atoms with E-state index in [1.165, 1.54) is 11.0 Å². The van der Waals surface area contributed by atoms with Crippen molar-refractivity contribution < 1.29 is 14.0 Å². The van der Waals surface area contributed by atoms with E-state index in [1.807, 2.05) is 52.8 Å². The van der Waals surface area contributed by atoms with Crippen LogP contribution in [0.2, 0.25) is 0 Å². The van der Waals surface area contributed by atoms with E-state index in [0.29, 0.717) is 5.56 Å². The standard InChI is InChI=1S/C24H31FN2O2/c1-16-11-12-19(13-17(16)2)14-22(28)27(15-20-9-7-8-10-21(20)25)18(3)23(29)26-24(4,5)6/h7-13,18H,14-15H2,1-6H3,(H,26,29)/t18-/m0/s1. The summed E-state index contributed by atoms with van der Waals surface area (Å²) in [7, 11) is 0. The molecule has 2 rings (SSSR count). The Morgan fingerprint density at radius 2 is 1.72 bits per heavy atom. The summed E-state index contributed by atoms with van der Waals surface area (Å²) in [6, 6.07) is 11.5. The van der Waals surface area contributed by atoms with Gasteiger partial charge in [0.15, 0.2) is 0 Å². The third-order valence-electron chi connectivity index (χ3n) is 4.89. The number of halogens is 1. The maximum Gasteiger partial charge on any atom is 0.242 e. The molecule has 2 amide bonds. The fraction of sp³-hybridized carbons (Fsp3) is 0.417. The summed E-state index contributed by atoms with van der Waals surface area (Å²) in [6.07, 6.45) is 0.155. The highest BCUT2D eigenvalue weighted by molar-refractivity contribution is 5.88. The molecule has 0 saturated carbocycles. The highest BCUT2D eigenvalue weighted by Gasteiger charge is 2.29. The lowest BCUT2D eigenvalue weighted by Crippen LogP contribution is -2.52. The molecular formula is C24H31FN2O2. The van der Waals surface area contributed by atoms with Gasteiger partial charge in [-0.3, -0.25) is 9.59 Å². The van der Waals surface area contributed by atoms with E-state index in [4.69, 9.17) is 0 Å². The second-order valence-corrected chi connectivity index (χ2v) is 8.62. The Morgan fingerprint density at radius 3 is 2.31 bits per heavy atom. The first-order chi connectivity index (χ1) is 13.5. The number of hydrogen-bond donors (Lipinski definition) is 1. The maximum atomic E-state index is 14.2. The van der Waals surface area contributed by atoms with Crippen LogP contribution in [0.4, 0.5) is 4.39 Å². The Labute approximate surface area is 173 Å². The fourth-order valence-electron chi connectivity index (χ4n) is 3.06. The molecule has 4 nitrogen and oxygen atoms in total. The average Bonchev–Trinajstić information content (AvgIpc) is 2.62. The lowest BCUT2D eigenvalue weighted by atomic mass is 10.0. The zero-order valence-corrected chi connectivity index (χ0v) is 18.2. The third-order valence-corrected chi connectivity index (χ3v) is 4.89. The minimum atomic E-state index is -0.729. The molecule has 5 heteroatoms. The van der Waals surface area contributed by atoms with Gasteiger partial charge in [0.05, 0.1) is 6.42 Å². The predicted molar refractivity (Wildman–Crippen MR) is 114 cm³/mol. The zero-order chi connectivity index (χ0) is 21.8. The Hall–Kier alpha value is -2.69. The number of nitrogens with zero attached hydrogens (tertiary/aromatic N) is 1. The van der Waals surface area contributed by atoms with E-state index in [0.717, 1.165) is 16.7 Å². The van der Waals surface area contributed by atoms with Gasteiger partial charge in [-0.15, -0.1) is 0 Å². The van der Waals surface area contributed by atoms with Gasteiger partial charge in [-0.25, -0.2) is 4.39 Å². The summed E-state index contributed by atoms with van der Waals surface area (Å²) < 4.78 is 14.2. The molecular weight excluding hydrogens is 367 g/mol. The van der Waals surface area contributed by atoms with E-state index >= 15 is 0 Å². The minimum absolute atomic E-state index is 0.0368. The van der Waals surface area contributed by atoms with Crippen LogP contribution in [0.15, 0.2) is 42.5 Å². The lowest BCUT2D eigenvalue weighted by molar-refractivity contribution is -0.140. The summed E-state index contributed by atoms with van der Waals surface area (Å²) in [4.78, 5) is 27.3. The number of carbonyl (C=O) groups is 2. The van der Waals surface area contributed by atoms with Crippen LogP contribution < -0.4 is 5.32 Å². The number of carbonyl (C=O) groups excluding carboxylic acids is 2. The van der Waals surface area contributed by atoms with Crippen molar-refractivity contribution >= 4 is 11.8 Å². The number of hydrogen-bond acceptors (Lipinski definition) is 2. The largest absolute Gasteiger partial charge is 0.350 e. The zero-order valence-electron chi connectivity index (χ0n) is 18.2. The van der Waals surface area contributed by atoms with Crippen LogP contribution >= 0.6 is 0 Å². The van der Waals surface area contributed by atoms with Crippen LogP contribution in [0.1, 0.15) is 49.9 Å². The van der Waals surface area contributed by atoms with Gasteiger partial charge >= 0.3 is 0 Å². The molecule has 0 aliphatic carbocycles. The topological polar surface area (TPSA) is 49.4 Å². The summed E-state index contributed by atoms with van der Waals surface area (Å²) >= 11 is 0. The molecule has 0 aliphatic heterocycles. The van der Waals surface area contributed by atoms with Crippen molar-refractivity contribution in [1.29, 1.82) is 0 Å². The molecule has 29 heavy (non-hydrogen) atoms. The fourth-order valence-corrected chi connectivity index (χ4v) is 3.06. The number of amides is 2. The molecule has 0 fully saturated rings. The van der Waals surface area contributed by atoms with Gasteiger partial charge < -0.3 is 10.2 Å². The van der Waals surface area contributed by atoms with Gasteiger partial charge in [0.2, 0.25) is 11.8 Å². The first kappa shape index (κ1) is 22.6. The molecule has 0 aliphatic rings. The summed E-state index contributed by atoms with van der Waals surface area (Å²) in [6.45, 7) is 11.4. The monoisotopic (exact) mass is 398 g/mol. The van der Waals surface area contributed by atoms with E-state index in [2.05, 4.69) is 5.32 Å². The van der Waals surface area contributed by atoms with Crippen LogP contribution in [0.5, 0.6) is 0 Å². The average molecular weight is 399 g/mol. The summed E-state index contributed by atoms with van der Waals surface area (Å²) in [5.41, 5.74) is 3.10. The van der Waals surface area contributed by atoms with Crippen LogP contribution in [-0.2, 0) is 22.6 Å². The molecule has 0 heterocycles. The second-order valence-electron chi connectivity index (χ2n) is 8.62. The second kappa shape index (κ2) is 9.21. The quantitative estimate of drug-likeness (QED) is 0.788. The van der Waals surface area contributed by atoms with Gasteiger partial charge in [-0.2, -0.15) is 0 Å². The predicted octanol–water partition coefficient (Wildman–Crippen LogP) is 4.32. The van der Waals surface area contributed by atoms with Crippen molar-refractivity contribution in [3.8, 4) is 0 Å². The molecule has 0 unspecified atom stereocenters. The number of aryl methyl sites for hydroxylation is 2. The molecule has 0 spiro atoms. The summed E-state index contributed by atoms with van der Waals surface area (Å²) in [5, 5.41) is 2.91. The van der Waals surface area contributed by atoms with Crippen molar-refractivity contribution in [2.45, 2.75) is 66.1 Å². The van der Waals surface area contributed by atoms with Crippen molar-refractivity contribution in [1.82, 2.24) is 10.2 Å². The Kier molecular flexibility index (Phi) is 7.17. The smallest absolute Gasteiger partial charge is 0.242 e. The van der Waals surface area contributed by atoms with E-state index in [-0.39, 0.29) is 30.6 Å². The Bertz CT molecular complexity index is 887. The first-order valence-corrected chi connectivity index (χ1v) is 9.89. The Balaban J connectivity index is 2.29. The molecule has 2 aromatic carbocycles. The molecule has 0 aromatic heterocycles. The molecule has 156 valence electrons. The van der Waals surface area contributed by atoms with Gasteiger partial charge in [-0.05, 0) is 64.3 Å². The molecule has 1 N–H and O–H groups in total. The summed E-state index contributed by atoms with van der Waals surface area (Å²) in [5.74, 6) is -0.866. The van der Waals surface area contributed by atoms with Crippen LogP contribution in [0.25, 0.3) is 0 Å². The van der Waals surface area contributed by atoms with E-state index < -0.39 is 11.6 Å². The van der Waals surface area contributed by atoms with Crippen molar-refractivity contribution in [2.24, 2.45) is 0 Å². The van der Waals surface area contributed by atoms with Crippen LogP contribution in [0.3, 0.4) is 0 Å². The van der Waals surface area contributed by atoms with Gasteiger partial charge in [-0.1, -0.05) is 36.4 Å². The van der Waals surface area contributed by atoms with E-state index in [9.17, 15) is 14.0 Å². The molecule has 0 saturated heterocycles. The highest BCUT2D eigenvalue weighted by Crippen LogP contribution is 2.17. The van der Waals surface area contributed by atoms with Crippen LogP contribution in [0, 0.1) is 19.7 Å². The third kappa shape index (κ3) is 6.41. The number of nitrogens with one attached hydrogen (secondary N) is 1.